The highest BCUT2D eigenvalue weighted by Gasteiger charge is 2.37. The lowest BCUT2D eigenvalue weighted by atomic mass is 10.1. The van der Waals surface area contributed by atoms with E-state index in [2.05, 4.69) is 5.10 Å². The van der Waals surface area contributed by atoms with Gasteiger partial charge >= 0.3 is 6.18 Å². The molecule has 11 heteroatoms. The maximum Gasteiger partial charge on any atom is 0.418 e. The number of nitrogens with zero attached hydrogens (tertiary/aromatic N) is 2. The maximum absolute atomic E-state index is 14.8. The van der Waals surface area contributed by atoms with Crippen molar-refractivity contribution in [3.05, 3.63) is 77.7 Å². The summed E-state index contributed by atoms with van der Waals surface area (Å²) in [6, 6.07) is 13.7. The Morgan fingerprint density at radius 2 is 1.63 bits per heavy atom. The standard InChI is InChI=1S/C24H20F4N2O3S2/c1-23(2,31)21-13-18(30(29-21)22-16(24(26,27)28)8-5-9-17(22)25)20-11-10-19(34-20)14-6-4-7-15(12-14)35(3,32)33/h4-13,31H,1-3H3. The average Bonchev–Trinajstić information content (AvgIpc) is 3.39. The summed E-state index contributed by atoms with van der Waals surface area (Å²) in [5, 5.41) is 14.6. The van der Waals surface area contributed by atoms with Crippen molar-refractivity contribution in [2.24, 2.45) is 0 Å². The van der Waals surface area contributed by atoms with Crippen LogP contribution in [0.4, 0.5) is 17.6 Å². The number of hydrogen-bond donors (Lipinski definition) is 1. The zero-order valence-corrected chi connectivity index (χ0v) is 20.4. The van der Waals surface area contributed by atoms with Crippen molar-refractivity contribution < 1.29 is 31.1 Å². The van der Waals surface area contributed by atoms with Crippen molar-refractivity contribution in [1.29, 1.82) is 0 Å². The van der Waals surface area contributed by atoms with Gasteiger partial charge in [0.2, 0.25) is 0 Å². The third-order valence-corrected chi connectivity index (χ3v) is 7.51. The molecule has 0 spiro atoms. The van der Waals surface area contributed by atoms with E-state index in [4.69, 9.17) is 0 Å². The number of alkyl halides is 3. The summed E-state index contributed by atoms with van der Waals surface area (Å²) >= 11 is 1.17. The molecular weight excluding hydrogens is 504 g/mol. The van der Waals surface area contributed by atoms with Crippen molar-refractivity contribution >= 4 is 21.2 Å². The van der Waals surface area contributed by atoms with Crippen LogP contribution in [-0.4, -0.2) is 29.6 Å². The number of thiophene rings is 1. The molecule has 0 bridgehead atoms. The molecule has 4 rings (SSSR count). The Labute approximate surface area is 203 Å². The minimum atomic E-state index is -4.84. The van der Waals surface area contributed by atoms with Gasteiger partial charge in [-0.25, -0.2) is 17.5 Å². The van der Waals surface area contributed by atoms with E-state index in [9.17, 15) is 31.1 Å². The van der Waals surface area contributed by atoms with E-state index in [0.29, 0.717) is 15.3 Å². The Balaban J connectivity index is 1.92. The Bertz CT molecular complexity index is 1510. The van der Waals surface area contributed by atoms with Gasteiger partial charge in [-0.15, -0.1) is 11.3 Å². The summed E-state index contributed by atoms with van der Waals surface area (Å²) in [4.78, 5) is 1.22. The molecule has 0 saturated heterocycles. The van der Waals surface area contributed by atoms with Crippen LogP contribution in [0.3, 0.4) is 0 Å². The highest BCUT2D eigenvalue weighted by atomic mass is 32.2. The van der Waals surface area contributed by atoms with Crippen LogP contribution in [0, 0.1) is 5.82 Å². The molecule has 0 aliphatic heterocycles. The molecule has 0 unspecified atom stereocenters. The molecule has 0 aliphatic carbocycles. The molecule has 35 heavy (non-hydrogen) atoms. The third kappa shape index (κ3) is 5.02. The zero-order valence-electron chi connectivity index (χ0n) is 18.8. The van der Waals surface area contributed by atoms with Crippen LogP contribution in [0.2, 0.25) is 0 Å². The number of aliphatic hydroxyl groups is 1. The number of benzene rings is 2. The topological polar surface area (TPSA) is 72.2 Å². The lowest BCUT2D eigenvalue weighted by Gasteiger charge is -2.16. The van der Waals surface area contributed by atoms with Gasteiger partial charge in [0.1, 0.15) is 17.1 Å². The van der Waals surface area contributed by atoms with Crippen LogP contribution in [-0.2, 0) is 21.6 Å². The molecule has 2 aromatic heterocycles. The van der Waals surface area contributed by atoms with Gasteiger partial charge in [0.05, 0.1) is 26.7 Å². The molecule has 0 fully saturated rings. The summed E-state index contributed by atoms with van der Waals surface area (Å²) < 4.78 is 80.8. The number of rotatable bonds is 5. The fourth-order valence-corrected chi connectivity index (χ4v) is 5.17. The quantitative estimate of drug-likeness (QED) is 0.322. The Kier molecular flexibility index (Phi) is 6.15. The van der Waals surface area contributed by atoms with Crippen LogP contribution in [0.1, 0.15) is 25.1 Å². The predicted octanol–water partition coefficient (Wildman–Crippen LogP) is 6.06. The number of para-hydroxylation sites is 1. The smallest absolute Gasteiger partial charge is 0.384 e. The Hall–Kier alpha value is -3.02. The van der Waals surface area contributed by atoms with Crippen LogP contribution < -0.4 is 0 Å². The highest BCUT2D eigenvalue weighted by Crippen LogP contribution is 2.41. The molecule has 0 atom stereocenters. The number of halogens is 4. The first-order chi connectivity index (χ1) is 16.2. The first kappa shape index (κ1) is 25.1. The second kappa shape index (κ2) is 8.58. The summed E-state index contributed by atoms with van der Waals surface area (Å²) in [7, 11) is -3.44. The van der Waals surface area contributed by atoms with Crippen molar-refractivity contribution in [2.45, 2.75) is 30.5 Å². The number of aromatic nitrogens is 2. The van der Waals surface area contributed by atoms with Crippen molar-refractivity contribution in [2.75, 3.05) is 6.26 Å². The summed E-state index contributed by atoms with van der Waals surface area (Å²) in [5.41, 5.74) is -2.69. The van der Waals surface area contributed by atoms with Gasteiger partial charge in [0.15, 0.2) is 9.84 Å². The lowest BCUT2D eigenvalue weighted by molar-refractivity contribution is -0.137. The Morgan fingerprint density at radius 3 is 2.26 bits per heavy atom. The van der Waals surface area contributed by atoms with E-state index >= 15 is 0 Å². The van der Waals surface area contributed by atoms with Crippen LogP contribution >= 0.6 is 11.3 Å². The van der Waals surface area contributed by atoms with Gasteiger partial charge in [-0.3, -0.25) is 0 Å². The minimum absolute atomic E-state index is 0.0536. The first-order valence-electron chi connectivity index (χ1n) is 10.3. The Morgan fingerprint density at radius 1 is 0.971 bits per heavy atom. The largest absolute Gasteiger partial charge is 0.418 e. The third-order valence-electron chi connectivity index (χ3n) is 5.25. The fourth-order valence-electron chi connectivity index (χ4n) is 3.50. The van der Waals surface area contributed by atoms with Crippen molar-refractivity contribution in [3.8, 4) is 26.7 Å². The average molecular weight is 525 g/mol. The zero-order chi connectivity index (χ0) is 25.8. The first-order valence-corrected chi connectivity index (χ1v) is 13.0. The van der Waals surface area contributed by atoms with Crippen LogP contribution in [0.25, 0.3) is 26.7 Å². The van der Waals surface area contributed by atoms with Crippen LogP contribution in [0.15, 0.2) is 65.6 Å². The van der Waals surface area contributed by atoms with E-state index in [1.807, 2.05) is 0 Å². The number of sulfone groups is 1. The van der Waals surface area contributed by atoms with Crippen molar-refractivity contribution in [3.63, 3.8) is 0 Å². The lowest BCUT2D eigenvalue weighted by Crippen LogP contribution is -2.18. The molecule has 2 heterocycles. The number of hydrogen-bond acceptors (Lipinski definition) is 5. The van der Waals surface area contributed by atoms with Gasteiger partial charge in [0.25, 0.3) is 0 Å². The molecular formula is C24H20F4N2O3S2. The summed E-state index contributed by atoms with van der Waals surface area (Å²) in [5.74, 6) is -1.12. The molecule has 1 N–H and O–H groups in total. The normalized spacial score (nSPS) is 12.8. The summed E-state index contributed by atoms with van der Waals surface area (Å²) in [6.45, 7) is 2.85. The monoisotopic (exact) mass is 524 g/mol. The summed E-state index contributed by atoms with van der Waals surface area (Å²) in [6.07, 6.45) is -3.75. The van der Waals surface area contributed by atoms with Gasteiger partial charge in [0, 0.05) is 11.1 Å². The molecule has 4 aromatic rings. The molecule has 5 nitrogen and oxygen atoms in total. The fraction of sp³-hybridized carbons (Fsp3) is 0.208. The van der Waals surface area contributed by atoms with Gasteiger partial charge in [-0.05, 0) is 61.9 Å². The minimum Gasteiger partial charge on any atom is -0.384 e. The van der Waals surface area contributed by atoms with E-state index < -0.39 is 38.7 Å². The molecule has 0 radical (unpaired) electrons. The van der Waals surface area contributed by atoms with Crippen molar-refractivity contribution in [1.82, 2.24) is 9.78 Å². The molecule has 184 valence electrons. The van der Waals surface area contributed by atoms with Gasteiger partial charge in [-0.1, -0.05) is 18.2 Å². The van der Waals surface area contributed by atoms with Crippen LogP contribution in [0.5, 0.6) is 0 Å². The van der Waals surface area contributed by atoms with E-state index in [1.165, 1.54) is 43.4 Å². The van der Waals surface area contributed by atoms with E-state index in [1.54, 1.807) is 24.3 Å². The van der Waals surface area contributed by atoms with E-state index in [-0.39, 0.29) is 16.3 Å². The maximum atomic E-state index is 14.8. The second-order valence-electron chi connectivity index (χ2n) is 8.48. The van der Waals surface area contributed by atoms with Gasteiger partial charge in [-0.2, -0.15) is 18.3 Å². The molecule has 0 amide bonds. The SMILES string of the molecule is CC(C)(O)c1cc(-c2ccc(-c3cccc(S(C)(=O)=O)c3)s2)n(-c2c(F)cccc2C(F)(F)F)n1. The second-order valence-corrected chi connectivity index (χ2v) is 11.6. The van der Waals surface area contributed by atoms with E-state index in [0.717, 1.165) is 29.1 Å². The molecule has 2 aromatic carbocycles. The predicted molar refractivity (Wildman–Crippen MR) is 126 cm³/mol. The molecule has 0 aliphatic rings. The van der Waals surface area contributed by atoms with Gasteiger partial charge < -0.3 is 5.11 Å². The molecule has 0 saturated carbocycles. The highest BCUT2D eigenvalue weighted by molar-refractivity contribution is 7.90.